The number of ether oxygens (including phenoxy) is 1. The Morgan fingerprint density at radius 3 is 3.39 bits per heavy atom. The van der Waals surface area contributed by atoms with E-state index >= 15 is 0 Å². The maximum atomic E-state index is 5.24. The third kappa shape index (κ3) is 2.58. The van der Waals surface area contributed by atoms with Crippen molar-refractivity contribution in [2.24, 2.45) is 5.92 Å². The van der Waals surface area contributed by atoms with Crippen molar-refractivity contribution in [3.63, 3.8) is 0 Å². The summed E-state index contributed by atoms with van der Waals surface area (Å²) in [5, 5.41) is 3.59. The van der Waals surface area contributed by atoms with Gasteiger partial charge in [-0.25, -0.2) is 4.98 Å². The number of hydrogen-bond acceptors (Lipinski definition) is 4. The fourth-order valence-electron chi connectivity index (χ4n) is 3.12. The molecule has 0 bridgehead atoms. The van der Waals surface area contributed by atoms with Crippen LogP contribution in [0.15, 0.2) is 6.33 Å². The molecule has 1 aromatic heterocycles. The lowest BCUT2D eigenvalue weighted by molar-refractivity contribution is 0.151. The molecular weight excluding hydrogens is 228 g/mol. The molecule has 0 aromatic carbocycles. The van der Waals surface area contributed by atoms with Gasteiger partial charge in [-0.2, -0.15) is 0 Å². The van der Waals surface area contributed by atoms with Gasteiger partial charge in [-0.15, -0.1) is 0 Å². The van der Waals surface area contributed by atoms with Crippen molar-refractivity contribution in [1.29, 1.82) is 0 Å². The molecule has 5 nitrogen and oxygen atoms in total. The summed E-state index contributed by atoms with van der Waals surface area (Å²) in [6.07, 6.45) is 4.12. The smallest absolute Gasteiger partial charge is 0.0925 e. The zero-order valence-electron chi connectivity index (χ0n) is 11.0. The standard InChI is InChI=1S/C13H22N4O/c1-18-8-10-2-3-17(6-10)7-11-4-12-13(5-14-11)16-9-15-12/h9-11,14H,2-8H2,1H3,(H,15,16). The molecule has 18 heavy (non-hydrogen) atoms. The van der Waals surface area contributed by atoms with Gasteiger partial charge in [-0.1, -0.05) is 0 Å². The minimum absolute atomic E-state index is 0.544. The first-order valence-electron chi connectivity index (χ1n) is 6.81. The van der Waals surface area contributed by atoms with E-state index in [1.807, 2.05) is 0 Å². The minimum atomic E-state index is 0.544. The first-order valence-corrected chi connectivity index (χ1v) is 6.81. The normalized spacial score (nSPS) is 28.5. The van der Waals surface area contributed by atoms with Crippen LogP contribution in [-0.4, -0.2) is 54.3 Å². The molecule has 100 valence electrons. The van der Waals surface area contributed by atoms with E-state index in [-0.39, 0.29) is 0 Å². The van der Waals surface area contributed by atoms with Gasteiger partial charge in [0.2, 0.25) is 0 Å². The number of aromatic amines is 1. The van der Waals surface area contributed by atoms with E-state index in [4.69, 9.17) is 4.74 Å². The van der Waals surface area contributed by atoms with Crippen LogP contribution in [0.1, 0.15) is 17.8 Å². The Kier molecular flexibility index (Phi) is 3.63. The van der Waals surface area contributed by atoms with E-state index in [2.05, 4.69) is 20.2 Å². The van der Waals surface area contributed by atoms with E-state index in [0.29, 0.717) is 6.04 Å². The number of nitrogens with one attached hydrogen (secondary N) is 2. The van der Waals surface area contributed by atoms with E-state index in [1.165, 1.54) is 30.9 Å². The predicted octanol–water partition coefficient (Wildman–Crippen LogP) is 0.392. The molecule has 0 radical (unpaired) electrons. The van der Waals surface area contributed by atoms with E-state index in [0.717, 1.165) is 32.0 Å². The lowest BCUT2D eigenvalue weighted by atomic mass is 10.1. The molecule has 1 fully saturated rings. The maximum absolute atomic E-state index is 5.24. The van der Waals surface area contributed by atoms with Crippen molar-refractivity contribution in [3.8, 4) is 0 Å². The zero-order chi connectivity index (χ0) is 12.4. The molecule has 0 saturated carbocycles. The highest BCUT2D eigenvalue weighted by atomic mass is 16.5. The largest absolute Gasteiger partial charge is 0.384 e. The molecule has 1 saturated heterocycles. The number of likely N-dealkylation sites (tertiary alicyclic amines) is 1. The SMILES string of the molecule is COCC1CCN(CC2Cc3nc[nH]c3CN2)C1. The van der Waals surface area contributed by atoms with Crippen LogP contribution in [-0.2, 0) is 17.7 Å². The molecule has 2 N–H and O–H groups in total. The highest BCUT2D eigenvalue weighted by Crippen LogP contribution is 2.19. The van der Waals surface area contributed by atoms with E-state index < -0.39 is 0 Å². The van der Waals surface area contributed by atoms with Gasteiger partial charge in [0.1, 0.15) is 0 Å². The summed E-state index contributed by atoms with van der Waals surface area (Å²) in [6.45, 7) is 5.35. The van der Waals surface area contributed by atoms with Gasteiger partial charge in [-0.3, -0.25) is 0 Å². The number of nitrogens with zero attached hydrogens (tertiary/aromatic N) is 2. The van der Waals surface area contributed by atoms with Crippen LogP contribution in [0.3, 0.4) is 0 Å². The molecule has 2 unspecified atom stereocenters. The Balaban J connectivity index is 1.50. The summed E-state index contributed by atoms with van der Waals surface area (Å²) in [5.74, 6) is 0.722. The first-order chi connectivity index (χ1) is 8.85. The number of fused-ring (bicyclic) bond motifs is 1. The number of hydrogen-bond donors (Lipinski definition) is 2. The number of imidazole rings is 1. The number of methoxy groups -OCH3 is 1. The summed E-state index contributed by atoms with van der Waals surface area (Å²) in [4.78, 5) is 10.1. The van der Waals surface area contributed by atoms with Crippen molar-refractivity contribution < 1.29 is 4.74 Å². The van der Waals surface area contributed by atoms with Crippen LogP contribution < -0.4 is 5.32 Å². The molecule has 0 spiro atoms. The van der Waals surface area contributed by atoms with Gasteiger partial charge in [0.15, 0.2) is 0 Å². The molecular formula is C13H22N4O. The van der Waals surface area contributed by atoms with E-state index in [1.54, 1.807) is 13.4 Å². The van der Waals surface area contributed by atoms with Crippen LogP contribution in [0.5, 0.6) is 0 Å². The van der Waals surface area contributed by atoms with Crippen molar-refractivity contribution in [2.75, 3.05) is 33.4 Å². The number of aromatic nitrogens is 2. The quantitative estimate of drug-likeness (QED) is 0.812. The second kappa shape index (κ2) is 5.38. The van der Waals surface area contributed by atoms with Gasteiger partial charge in [-0.05, 0) is 18.9 Å². The summed E-state index contributed by atoms with van der Waals surface area (Å²) in [5.41, 5.74) is 2.50. The van der Waals surface area contributed by atoms with Crippen LogP contribution >= 0.6 is 0 Å². The lowest BCUT2D eigenvalue weighted by Crippen LogP contribution is -2.44. The Morgan fingerprint density at radius 1 is 1.56 bits per heavy atom. The Bertz CT molecular complexity index is 392. The van der Waals surface area contributed by atoms with Gasteiger partial charge in [0, 0.05) is 39.2 Å². The Labute approximate surface area is 108 Å². The van der Waals surface area contributed by atoms with Crippen molar-refractivity contribution in [2.45, 2.75) is 25.4 Å². The van der Waals surface area contributed by atoms with Crippen molar-refractivity contribution in [1.82, 2.24) is 20.2 Å². The minimum Gasteiger partial charge on any atom is -0.384 e. The summed E-state index contributed by atoms with van der Waals surface area (Å²) in [6, 6.07) is 0.544. The van der Waals surface area contributed by atoms with E-state index in [9.17, 15) is 0 Å². The van der Waals surface area contributed by atoms with Crippen molar-refractivity contribution in [3.05, 3.63) is 17.7 Å². The molecule has 3 heterocycles. The van der Waals surface area contributed by atoms with Crippen LogP contribution in [0.25, 0.3) is 0 Å². The fourth-order valence-corrected chi connectivity index (χ4v) is 3.12. The molecule has 2 aliphatic heterocycles. The summed E-state index contributed by atoms with van der Waals surface area (Å²) < 4.78 is 5.24. The summed E-state index contributed by atoms with van der Waals surface area (Å²) >= 11 is 0. The topological polar surface area (TPSA) is 53.2 Å². The average Bonchev–Trinajstić information content (AvgIpc) is 2.98. The van der Waals surface area contributed by atoms with Crippen LogP contribution in [0.4, 0.5) is 0 Å². The lowest BCUT2D eigenvalue weighted by Gasteiger charge is -2.27. The molecule has 3 rings (SSSR count). The highest BCUT2D eigenvalue weighted by Gasteiger charge is 2.27. The average molecular weight is 250 g/mol. The monoisotopic (exact) mass is 250 g/mol. The second-order valence-corrected chi connectivity index (χ2v) is 5.48. The number of rotatable bonds is 4. The van der Waals surface area contributed by atoms with Gasteiger partial charge in [0.05, 0.1) is 24.3 Å². The van der Waals surface area contributed by atoms with Gasteiger partial charge < -0.3 is 19.9 Å². The number of H-pyrrole nitrogens is 1. The second-order valence-electron chi connectivity index (χ2n) is 5.48. The maximum Gasteiger partial charge on any atom is 0.0925 e. The summed E-state index contributed by atoms with van der Waals surface area (Å²) in [7, 11) is 1.80. The first kappa shape index (κ1) is 12.1. The van der Waals surface area contributed by atoms with Gasteiger partial charge in [0.25, 0.3) is 0 Å². The third-order valence-electron chi connectivity index (χ3n) is 4.07. The van der Waals surface area contributed by atoms with Crippen molar-refractivity contribution >= 4 is 0 Å². The molecule has 2 atom stereocenters. The molecule has 0 amide bonds. The van der Waals surface area contributed by atoms with Gasteiger partial charge >= 0.3 is 0 Å². The predicted molar refractivity (Wildman–Crippen MR) is 69.3 cm³/mol. The molecule has 0 aliphatic carbocycles. The molecule has 5 heteroatoms. The Morgan fingerprint density at radius 2 is 2.50 bits per heavy atom. The third-order valence-corrected chi connectivity index (χ3v) is 4.07. The highest BCUT2D eigenvalue weighted by molar-refractivity contribution is 5.16. The van der Waals surface area contributed by atoms with Crippen LogP contribution in [0, 0.1) is 5.92 Å². The molecule has 1 aromatic rings. The molecule has 2 aliphatic rings. The Hall–Kier alpha value is -0.910. The van der Waals surface area contributed by atoms with Crippen LogP contribution in [0.2, 0.25) is 0 Å². The zero-order valence-corrected chi connectivity index (χ0v) is 11.0. The fraction of sp³-hybridized carbons (Fsp3) is 0.769.